The van der Waals surface area contributed by atoms with Crippen LogP contribution in [0.25, 0.3) is 0 Å². The highest BCUT2D eigenvalue weighted by Crippen LogP contribution is 2.08. The van der Waals surface area contributed by atoms with Crippen molar-refractivity contribution in [1.82, 2.24) is 4.90 Å². The maximum absolute atomic E-state index is 13.4. The zero-order valence-electron chi connectivity index (χ0n) is 10.7. The van der Waals surface area contributed by atoms with Crippen LogP contribution in [0.2, 0.25) is 0 Å². The molecule has 0 aliphatic rings. The Morgan fingerprint density at radius 3 is 2.63 bits per heavy atom. The van der Waals surface area contributed by atoms with Crippen LogP contribution in [0.1, 0.15) is 12.0 Å². The minimum absolute atomic E-state index is 0.285. The van der Waals surface area contributed by atoms with Crippen molar-refractivity contribution >= 4 is 11.9 Å². The van der Waals surface area contributed by atoms with Crippen LogP contribution >= 0.6 is 0 Å². The molecule has 0 fully saturated rings. The summed E-state index contributed by atoms with van der Waals surface area (Å²) in [5.41, 5.74) is 5.98. The molecule has 1 unspecified atom stereocenters. The first-order valence-corrected chi connectivity index (χ1v) is 5.87. The Balaban J connectivity index is 2.51. The average molecular weight is 268 g/mol. The summed E-state index contributed by atoms with van der Waals surface area (Å²) in [4.78, 5) is 23.5. The molecular weight excluding hydrogens is 251 g/mol. The molecule has 1 rings (SSSR count). The first kappa shape index (κ1) is 15.1. The summed E-state index contributed by atoms with van der Waals surface area (Å²) in [7, 11) is 1.52. The quantitative estimate of drug-likeness (QED) is 0.792. The molecule has 0 aromatic heterocycles. The molecule has 0 aliphatic carbocycles. The molecule has 1 aromatic rings. The van der Waals surface area contributed by atoms with Gasteiger partial charge in [0.1, 0.15) is 5.82 Å². The highest BCUT2D eigenvalue weighted by molar-refractivity contribution is 5.85. The number of carbonyl (C=O) groups excluding carboxylic acids is 1. The number of hydrogen-bond donors (Lipinski definition) is 2. The second-order valence-electron chi connectivity index (χ2n) is 4.31. The van der Waals surface area contributed by atoms with Gasteiger partial charge < -0.3 is 15.7 Å². The lowest BCUT2D eigenvalue weighted by Gasteiger charge is -2.20. The van der Waals surface area contributed by atoms with Gasteiger partial charge in [-0.1, -0.05) is 18.2 Å². The van der Waals surface area contributed by atoms with E-state index in [9.17, 15) is 14.0 Å². The van der Waals surface area contributed by atoms with Gasteiger partial charge in [0.25, 0.3) is 0 Å². The molecule has 6 heteroatoms. The SMILES string of the molecule is CN(CCc1ccccc1F)C(=O)C(N)CC(=O)O. The zero-order chi connectivity index (χ0) is 14.4. The maximum Gasteiger partial charge on any atom is 0.305 e. The van der Waals surface area contributed by atoms with E-state index in [2.05, 4.69) is 0 Å². The van der Waals surface area contributed by atoms with Crippen molar-refractivity contribution in [2.75, 3.05) is 13.6 Å². The molecule has 0 saturated carbocycles. The van der Waals surface area contributed by atoms with Gasteiger partial charge in [0, 0.05) is 13.6 Å². The van der Waals surface area contributed by atoms with Gasteiger partial charge in [-0.3, -0.25) is 9.59 Å². The monoisotopic (exact) mass is 268 g/mol. The van der Waals surface area contributed by atoms with Crippen LogP contribution < -0.4 is 5.73 Å². The summed E-state index contributed by atoms with van der Waals surface area (Å²) in [6, 6.07) is 5.24. The summed E-state index contributed by atoms with van der Waals surface area (Å²) >= 11 is 0. The van der Waals surface area contributed by atoms with E-state index in [0.29, 0.717) is 12.0 Å². The number of nitrogens with two attached hydrogens (primary N) is 1. The number of nitrogens with zero attached hydrogens (tertiary/aromatic N) is 1. The van der Waals surface area contributed by atoms with Crippen LogP contribution in [0.15, 0.2) is 24.3 Å². The van der Waals surface area contributed by atoms with E-state index in [4.69, 9.17) is 10.8 Å². The van der Waals surface area contributed by atoms with Crippen molar-refractivity contribution in [3.63, 3.8) is 0 Å². The van der Waals surface area contributed by atoms with E-state index in [1.807, 2.05) is 0 Å². The van der Waals surface area contributed by atoms with Crippen LogP contribution in [0.5, 0.6) is 0 Å². The number of carboxylic acid groups (broad SMARTS) is 1. The van der Waals surface area contributed by atoms with Gasteiger partial charge in [0.05, 0.1) is 12.5 Å². The maximum atomic E-state index is 13.4. The number of likely N-dealkylation sites (N-methyl/N-ethyl adjacent to an activating group) is 1. The molecule has 5 nitrogen and oxygen atoms in total. The average Bonchev–Trinajstić information content (AvgIpc) is 2.35. The van der Waals surface area contributed by atoms with Gasteiger partial charge in [0.15, 0.2) is 0 Å². The number of carboxylic acids is 1. The summed E-state index contributed by atoms with van der Waals surface area (Å²) in [5.74, 6) is -1.90. The lowest BCUT2D eigenvalue weighted by molar-refractivity contribution is -0.141. The summed E-state index contributed by atoms with van der Waals surface area (Å²) in [5, 5.41) is 8.56. The minimum atomic E-state index is -1.12. The Kier molecular flexibility index (Phi) is 5.44. The molecule has 104 valence electrons. The van der Waals surface area contributed by atoms with E-state index < -0.39 is 24.3 Å². The zero-order valence-corrected chi connectivity index (χ0v) is 10.7. The van der Waals surface area contributed by atoms with Crippen molar-refractivity contribution in [3.8, 4) is 0 Å². The highest BCUT2D eigenvalue weighted by Gasteiger charge is 2.20. The first-order chi connectivity index (χ1) is 8.91. The number of rotatable bonds is 6. The molecule has 0 bridgehead atoms. The third-order valence-corrected chi connectivity index (χ3v) is 2.76. The van der Waals surface area contributed by atoms with Crippen molar-refractivity contribution in [2.24, 2.45) is 5.73 Å². The van der Waals surface area contributed by atoms with E-state index in [1.54, 1.807) is 18.2 Å². The smallest absolute Gasteiger partial charge is 0.305 e. The van der Waals surface area contributed by atoms with E-state index in [-0.39, 0.29) is 12.4 Å². The molecule has 0 saturated heterocycles. The highest BCUT2D eigenvalue weighted by atomic mass is 19.1. The van der Waals surface area contributed by atoms with Crippen LogP contribution in [-0.4, -0.2) is 41.5 Å². The van der Waals surface area contributed by atoms with Crippen LogP contribution in [0.4, 0.5) is 4.39 Å². The van der Waals surface area contributed by atoms with Gasteiger partial charge in [-0.25, -0.2) is 4.39 Å². The largest absolute Gasteiger partial charge is 0.481 e. The molecule has 0 heterocycles. The van der Waals surface area contributed by atoms with Crippen LogP contribution in [-0.2, 0) is 16.0 Å². The Bertz CT molecular complexity index is 465. The molecule has 3 N–H and O–H groups in total. The fraction of sp³-hybridized carbons (Fsp3) is 0.385. The normalized spacial score (nSPS) is 11.9. The molecule has 0 radical (unpaired) electrons. The number of amides is 1. The number of halogens is 1. The van der Waals surface area contributed by atoms with Crippen molar-refractivity contribution < 1.29 is 19.1 Å². The topological polar surface area (TPSA) is 83.6 Å². The van der Waals surface area contributed by atoms with Gasteiger partial charge in [-0.15, -0.1) is 0 Å². The molecule has 0 spiro atoms. The molecular formula is C13H17FN2O3. The predicted octanol–water partition coefficient (Wildman–Crippen LogP) is 0.629. The number of carbonyl (C=O) groups is 2. The Morgan fingerprint density at radius 2 is 2.05 bits per heavy atom. The number of benzene rings is 1. The lowest BCUT2D eigenvalue weighted by Crippen LogP contribution is -2.43. The Morgan fingerprint density at radius 1 is 1.42 bits per heavy atom. The van der Waals surface area contributed by atoms with Gasteiger partial charge in [-0.05, 0) is 18.1 Å². The van der Waals surface area contributed by atoms with Gasteiger partial charge in [0.2, 0.25) is 5.91 Å². The Labute approximate surface area is 110 Å². The summed E-state index contributed by atoms with van der Waals surface area (Å²) < 4.78 is 13.4. The fourth-order valence-corrected chi connectivity index (χ4v) is 1.66. The lowest BCUT2D eigenvalue weighted by atomic mass is 10.1. The van der Waals surface area contributed by atoms with E-state index >= 15 is 0 Å². The molecule has 0 aliphatic heterocycles. The van der Waals surface area contributed by atoms with Crippen molar-refractivity contribution in [2.45, 2.75) is 18.9 Å². The number of aliphatic carboxylic acids is 1. The van der Waals surface area contributed by atoms with Crippen molar-refractivity contribution in [3.05, 3.63) is 35.6 Å². The van der Waals surface area contributed by atoms with Crippen LogP contribution in [0, 0.1) is 5.82 Å². The molecule has 1 amide bonds. The van der Waals surface area contributed by atoms with E-state index in [0.717, 1.165) is 0 Å². The molecule has 1 atom stereocenters. The van der Waals surface area contributed by atoms with E-state index in [1.165, 1.54) is 18.0 Å². The van der Waals surface area contributed by atoms with Gasteiger partial charge in [-0.2, -0.15) is 0 Å². The first-order valence-electron chi connectivity index (χ1n) is 5.87. The molecule has 19 heavy (non-hydrogen) atoms. The summed E-state index contributed by atoms with van der Waals surface area (Å²) in [6.07, 6.45) is -0.0580. The van der Waals surface area contributed by atoms with Gasteiger partial charge >= 0.3 is 5.97 Å². The number of hydrogen-bond acceptors (Lipinski definition) is 3. The minimum Gasteiger partial charge on any atom is -0.481 e. The Hall–Kier alpha value is -1.95. The second kappa shape index (κ2) is 6.84. The van der Waals surface area contributed by atoms with Crippen LogP contribution in [0.3, 0.4) is 0 Å². The summed E-state index contributed by atoms with van der Waals surface area (Å²) in [6.45, 7) is 0.285. The third-order valence-electron chi connectivity index (χ3n) is 2.76. The predicted molar refractivity (Wildman–Crippen MR) is 68.0 cm³/mol. The standard InChI is InChI=1S/C13H17FN2O3/c1-16(13(19)11(15)8-12(17)18)7-6-9-4-2-3-5-10(9)14/h2-5,11H,6-8,15H2,1H3,(H,17,18). The molecule has 1 aromatic carbocycles. The third kappa shape index (κ3) is 4.67. The second-order valence-corrected chi connectivity index (χ2v) is 4.31. The fourth-order valence-electron chi connectivity index (χ4n) is 1.66. The van der Waals surface area contributed by atoms with Crippen molar-refractivity contribution in [1.29, 1.82) is 0 Å².